The second-order valence-corrected chi connectivity index (χ2v) is 7.75. The molecule has 1 aromatic rings. The van der Waals surface area contributed by atoms with Crippen LogP contribution in [0.2, 0.25) is 0 Å². The van der Waals surface area contributed by atoms with Crippen LogP contribution in [0.1, 0.15) is 48.5 Å². The number of hydrogen-bond acceptors (Lipinski definition) is 7. The maximum atomic E-state index is 13.0. The van der Waals surface area contributed by atoms with Gasteiger partial charge in [-0.2, -0.15) is 0 Å². The van der Waals surface area contributed by atoms with Crippen molar-refractivity contribution in [3.05, 3.63) is 33.4 Å². The number of carbonyl (C=O) groups is 1. The van der Waals surface area contributed by atoms with E-state index in [9.17, 15) is 28.1 Å². The molecule has 31 heavy (non-hydrogen) atoms. The molecule has 0 amide bonds. The molecule has 0 unspecified atom stereocenters. The fourth-order valence-electron chi connectivity index (χ4n) is 4.27. The van der Waals surface area contributed by atoms with Gasteiger partial charge in [0.15, 0.2) is 0 Å². The summed E-state index contributed by atoms with van der Waals surface area (Å²) in [6, 6.07) is 2.21. The van der Waals surface area contributed by atoms with E-state index in [2.05, 4.69) is 9.64 Å². The summed E-state index contributed by atoms with van der Waals surface area (Å²) in [5, 5.41) is 11.5. The van der Waals surface area contributed by atoms with E-state index in [1.165, 1.54) is 19.8 Å². The van der Waals surface area contributed by atoms with E-state index in [1.807, 2.05) is 4.90 Å². The van der Waals surface area contributed by atoms with Crippen molar-refractivity contribution >= 4 is 11.7 Å². The summed E-state index contributed by atoms with van der Waals surface area (Å²) in [4.78, 5) is 27.2. The van der Waals surface area contributed by atoms with Crippen LogP contribution in [0.5, 0.6) is 5.75 Å². The maximum Gasteiger partial charge on any atom is 0.573 e. The minimum atomic E-state index is -5.00. The number of esters is 1. The molecule has 0 aromatic heterocycles. The van der Waals surface area contributed by atoms with Gasteiger partial charge in [0.1, 0.15) is 11.3 Å². The van der Waals surface area contributed by atoms with Crippen molar-refractivity contribution < 1.29 is 32.4 Å². The molecule has 2 aliphatic heterocycles. The van der Waals surface area contributed by atoms with Gasteiger partial charge in [-0.25, -0.2) is 4.79 Å². The second-order valence-electron chi connectivity index (χ2n) is 7.75. The normalized spacial score (nSPS) is 18.8. The number of piperidine rings is 1. The lowest BCUT2D eigenvalue weighted by Gasteiger charge is -2.36. The van der Waals surface area contributed by atoms with Crippen molar-refractivity contribution in [2.75, 3.05) is 32.8 Å². The van der Waals surface area contributed by atoms with Crippen LogP contribution in [0.25, 0.3) is 0 Å². The zero-order valence-electron chi connectivity index (χ0n) is 17.3. The molecule has 2 fully saturated rings. The first kappa shape index (κ1) is 23.3. The van der Waals surface area contributed by atoms with Crippen LogP contribution in [-0.4, -0.2) is 65.9 Å². The summed E-state index contributed by atoms with van der Waals surface area (Å²) in [6.07, 6.45) is -0.847. The third-order valence-electron chi connectivity index (χ3n) is 5.70. The Morgan fingerprint density at radius 1 is 1.19 bits per heavy atom. The standard InChI is InChI=1S/C20H26F3N3O5/c1-2-30-19(27)16-12-18(31-20(21,22)23)14(11-17(16)26(28)29)13-24-9-5-15(6-10-24)25-7-3-4-8-25/h11-12,15H,2-10,13H2,1H3. The van der Waals surface area contributed by atoms with Crippen molar-refractivity contribution in [3.63, 3.8) is 0 Å². The minimum absolute atomic E-state index is 0.0108. The molecule has 2 heterocycles. The SMILES string of the molecule is CCOC(=O)c1cc(OC(F)(F)F)c(CN2CCC(N3CCCC3)CC2)cc1[N+](=O)[O-]. The van der Waals surface area contributed by atoms with Gasteiger partial charge in [-0.3, -0.25) is 15.0 Å². The number of carbonyl (C=O) groups excluding carboxylic acids is 1. The van der Waals surface area contributed by atoms with Crippen LogP contribution in [0.4, 0.5) is 18.9 Å². The lowest BCUT2D eigenvalue weighted by molar-refractivity contribution is -0.385. The number of nitro groups is 1. The molecule has 0 atom stereocenters. The summed E-state index contributed by atoms with van der Waals surface area (Å²) in [6.45, 7) is 4.98. The Morgan fingerprint density at radius 2 is 1.84 bits per heavy atom. The average Bonchev–Trinajstić information content (AvgIpc) is 3.23. The molecule has 2 aliphatic rings. The maximum absolute atomic E-state index is 13.0. The number of ether oxygens (including phenoxy) is 2. The lowest BCUT2D eigenvalue weighted by atomic mass is 10.0. The van der Waals surface area contributed by atoms with Gasteiger partial charge in [-0.05, 0) is 58.8 Å². The zero-order chi connectivity index (χ0) is 22.6. The van der Waals surface area contributed by atoms with Crippen LogP contribution in [0, 0.1) is 10.1 Å². The summed E-state index contributed by atoms with van der Waals surface area (Å²) in [5.74, 6) is -1.69. The number of hydrogen-bond donors (Lipinski definition) is 0. The molecule has 0 N–H and O–H groups in total. The molecule has 0 radical (unpaired) electrons. The largest absolute Gasteiger partial charge is 0.573 e. The number of rotatable bonds is 7. The van der Waals surface area contributed by atoms with E-state index in [0.717, 1.165) is 38.1 Å². The molecule has 172 valence electrons. The first-order valence-corrected chi connectivity index (χ1v) is 10.4. The summed E-state index contributed by atoms with van der Waals surface area (Å²) < 4.78 is 47.8. The van der Waals surface area contributed by atoms with E-state index < -0.39 is 34.3 Å². The number of alkyl halides is 3. The topological polar surface area (TPSA) is 85.2 Å². The Balaban J connectivity index is 1.82. The van der Waals surface area contributed by atoms with E-state index in [4.69, 9.17) is 4.74 Å². The number of likely N-dealkylation sites (tertiary alicyclic amines) is 2. The number of nitrogens with zero attached hydrogens (tertiary/aromatic N) is 3. The highest BCUT2D eigenvalue weighted by atomic mass is 19.4. The molecule has 2 saturated heterocycles. The highest BCUT2D eigenvalue weighted by molar-refractivity contribution is 5.94. The van der Waals surface area contributed by atoms with Crippen LogP contribution < -0.4 is 4.74 Å². The predicted molar refractivity (Wildman–Crippen MR) is 105 cm³/mol. The minimum Gasteiger partial charge on any atom is -0.462 e. The fourth-order valence-corrected chi connectivity index (χ4v) is 4.27. The first-order valence-electron chi connectivity index (χ1n) is 10.4. The van der Waals surface area contributed by atoms with Crippen molar-refractivity contribution in [2.45, 2.75) is 51.6 Å². The third kappa shape index (κ3) is 6.07. The van der Waals surface area contributed by atoms with Crippen LogP contribution >= 0.6 is 0 Å². The molecule has 0 bridgehead atoms. The van der Waals surface area contributed by atoms with E-state index in [1.54, 1.807) is 0 Å². The molecule has 0 aliphatic carbocycles. The predicted octanol–water partition coefficient (Wildman–Crippen LogP) is 3.73. The lowest BCUT2D eigenvalue weighted by Crippen LogP contribution is -2.43. The van der Waals surface area contributed by atoms with Crippen LogP contribution in [0.15, 0.2) is 12.1 Å². The summed E-state index contributed by atoms with van der Waals surface area (Å²) >= 11 is 0. The quantitative estimate of drug-likeness (QED) is 0.359. The first-order chi connectivity index (χ1) is 14.7. The summed E-state index contributed by atoms with van der Waals surface area (Å²) in [7, 11) is 0. The van der Waals surface area contributed by atoms with Crippen molar-refractivity contribution in [1.29, 1.82) is 0 Å². The molecule has 1 aromatic carbocycles. The van der Waals surface area contributed by atoms with Crippen molar-refractivity contribution in [1.82, 2.24) is 9.80 Å². The number of halogens is 3. The molecule has 11 heteroatoms. The smallest absolute Gasteiger partial charge is 0.462 e. The van der Waals surface area contributed by atoms with Crippen LogP contribution in [-0.2, 0) is 11.3 Å². The molecule has 8 nitrogen and oxygen atoms in total. The molecular formula is C20H26F3N3O5. The Labute approximate surface area is 178 Å². The molecule has 0 spiro atoms. The van der Waals surface area contributed by atoms with Gasteiger partial charge in [-0.15, -0.1) is 13.2 Å². The average molecular weight is 445 g/mol. The number of benzene rings is 1. The Bertz CT molecular complexity index is 804. The van der Waals surface area contributed by atoms with E-state index in [0.29, 0.717) is 19.1 Å². The van der Waals surface area contributed by atoms with Gasteiger partial charge in [0.2, 0.25) is 0 Å². The van der Waals surface area contributed by atoms with Crippen molar-refractivity contribution in [3.8, 4) is 5.75 Å². The highest BCUT2D eigenvalue weighted by Gasteiger charge is 2.35. The van der Waals surface area contributed by atoms with Gasteiger partial charge < -0.3 is 14.4 Å². The van der Waals surface area contributed by atoms with E-state index >= 15 is 0 Å². The molecule has 0 saturated carbocycles. The Kier molecular flexibility index (Phi) is 7.37. The van der Waals surface area contributed by atoms with Crippen LogP contribution in [0.3, 0.4) is 0 Å². The molecular weight excluding hydrogens is 419 g/mol. The van der Waals surface area contributed by atoms with E-state index in [-0.39, 0.29) is 18.7 Å². The second kappa shape index (κ2) is 9.82. The molecule has 3 rings (SSSR count). The third-order valence-corrected chi connectivity index (χ3v) is 5.70. The monoisotopic (exact) mass is 445 g/mol. The van der Waals surface area contributed by atoms with Gasteiger partial charge in [-0.1, -0.05) is 0 Å². The Hall–Kier alpha value is -2.40. The van der Waals surface area contributed by atoms with Gasteiger partial charge in [0.25, 0.3) is 5.69 Å². The summed E-state index contributed by atoms with van der Waals surface area (Å²) in [5.41, 5.74) is -1.16. The highest BCUT2D eigenvalue weighted by Crippen LogP contribution is 2.34. The zero-order valence-corrected chi connectivity index (χ0v) is 17.3. The van der Waals surface area contributed by atoms with Crippen molar-refractivity contribution in [2.24, 2.45) is 0 Å². The fraction of sp³-hybridized carbons (Fsp3) is 0.650. The van der Waals surface area contributed by atoms with Gasteiger partial charge in [0.05, 0.1) is 11.5 Å². The van der Waals surface area contributed by atoms with Gasteiger partial charge >= 0.3 is 12.3 Å². The number of nitro benzene ring substituents is 1. The van der Waals surface area contributed by atoms with Gasteiger partial charge in [0, 0.05) is 30.3 Å². The Morgan fingerprint density at radius 3 is 2.39 bits per heavy atom.